The Morgan fingerprint density at radius 2 is 2.00 bits per heavy atom. The van der Waals surface area contributed by atoms with Crippen molar-refractivity contribution in [1.82, 2.24) is 0 Å². The molecule has 0 unspecified atom stereocenters. The highest BCUT2D eigenvalue weighted by Crippen LogP contribution is 2.23. The normalized spacial score (nSPS) is 23.6. The fraction of sp³-hybridized carbons (Fsp3) is 0.500. The number of benzene rings is 1. The van der Waals surface area contributed by atoms with Crippen LogP contribution in [0.5, 0.6) is 0 Å². The van der Waals surface area contributed by atoms with Crippen LogP contribution in [0.3, 0.4) is 0 Å². The van der Waals surface area contributed by atoms with Crippen molar-refractivity contribution in [3.8, 4) is 0 Å². The zero-order valence-electron chi connectivity index (χ0n) is 10.6. The Balaban J connectivity index is 1.86. The van der Waals surface area contributed by atoms with Crippen molar-refractivity contribution < 1.29 is 4.79 Å². The lowest BCUT2D eigenvalue weighted by Crippen LogP contribution is -2.29. The first-order valence-electron chi connectivity index (χ1n) is 6.54. The highest BCUT2D eigenvalue weighted by molar-refractivity contribution is 5.93. The number of nitrogens with two attached hydrogens (primary N) is 2. The quantitative estimate of drug-likeness (QED) is 0.757. The molecule has 0 heterocycles. The maximum absolute atomic E-state index is 11.1. The van der Waals surface area contributed by atoms with Crippen LogP contribution in [-0.2, 0) is 0 Å². The SMILES string of the molecule is NC(=O)c1cccc(NCC2CCC(N)CC2)c1. The molecule has 2 rings (SSSR count). The third-order valence-corrected chi connectivity index (χ3v) is 3.63. The van der Waals surface area contributed by atoms with Crippen LogP contribution in [0.2, 0.25) is 0 Å². The van der Waals surface area contributed by atoms with Gasteiger partial charge in [0.2, 0.25) is 5.91 Å². The van der Waals surface area contributed by atoms with Crippen molar-refractivity contribution in [2.75, 3.05) is 11.9 Å². The van der Waals surface area contributed by atoms with Crippen molar-refractivity contribution >= 4 is 11.6 Å². The highest BCUT2D eigenvalue weighted by Gasteiger charge is 2.18. The molecule has 0 bridgehead atoms. The Morgan fingerprint density at radius 1 is 1.28 bits per heavy atom. The van der Waals surface area contributed by atoms with Crippen LogP contribution in [-0.4, -0.2) is 18.5 Å². The number of anilines is 1. The Bertz CT molecular complexity index is 411. The summed E-state index contributed by atoms with van der Waals surface area (Å²) in [6, 6.07) is 7.73. The lowest BCUT2D eigenvalue weighted by Gasteiger charge is -2.26. The Kier molecular flexibility index (Phi) is 4.20. The maximum atomic E-state index is 11.1. The lowest BCUT2D eigenvalue weighted by molar-refractivity contribution is 0.100. The largest absolute Gasteiger partial charge is 0.385 e. The molecule has 0 spiro atoms. The predicted molar refractivity (Wildman–Crippen MR) is 73.4 cm³/mol. The molecule has 0 saturated heterocycles. The van der Waals surface area contributed by atoms with E-state index in [9.17, 15) is 4.79 Å². The van der Waals surface area contributed by atoms with Crippen LogP contribution in [0.25, 0.3) is 0 Å². The number of amides is 1. The van der Waals surface area contributed by atoms with E-state index in [1.54, 1.807) is 12.1 Å². The standard InChI is InChI=1S/C14H21N3O/c15-12-6-4-10(5-7-12)9-17-13-3-1-2-11(8-13)14(16)18/h1-3,8,10,12,17H,4-7,9,15H2,(H2,16,18). The minimum atomic E-state index is -0.387. The number of hydrogen-bond acceptors (Lipinski definition) is 3. The van der Waals surface area contributed by atoms with Crippen molar-refractivity contribution in [3.63, 3.8) is 0 Å². The lowest BCUT2D eigenvalue weighted by atomic mass is 9.86. The van der Waals surface area contributed by atoms with Crippen molar-refractivity contribution in [2.24, 2.45) is 17.4 Å². The van der Waals surface area contributed by atoms with Gasteiger partial charge in [0.15, 0.2) is 0 Å². The smallest absolute Gasteiger partial charge is 0.248 e. The third-order valence-electron chi connectivity index (χ3n) is 3.63. The van der Waals surface area contributed by atoms with E-state index in [1.807, 2.05) is 12.1 Å². The average molecular weight is 247 g/mol. The van der Waals surface area contributed by atoms with Crippen molar-refractivity contribution in [2.45, 2.75) is 31.7 Å². The van der Waals surface area contributed by atoms with E-state index in [2.05, 4.69) is 5.32 Å². The molecule has 4 nitrogen and oxygen atoms in total. The molecule has 1 aliphatic carbocycles. The van der Waals surface area contributed by atoms with Crippen LogP contribution >= 0.6 is 0 Å². The summed E-state index contributed by atoms with van der Waals surface area (Å²) in [5.74, 6) is 0.296. The molecular weight excluding hydrogens is 226 g/mol. The van der Waals surface area contributed by atoms with E-state index in [-0.39, 0.29) is 5.91 Å². The minimum absolute atomic E-state index is 0.387. The molecule has 1 amide bonds. The summed E-state index contributed by atoms with van der Waals surface area (Å²) in [7, 11) is 0. The summed E-state index contributed by atoms with van der Waals surface area (Å²) in [4.78, 5) is 11.1. The summed E-state index contributed by atoms with van der Waals surface area (Å²) in [6.07, 6.45) is 4.61. The van der Waals surface area contributed by atoms with Gasteiger partial charge in [-0.1, -0.05) is 6.07 Å². The molecule has 1 aliphatic rings. The molecule has 1 saturated carbocycles. The van der Waals surface area contributed by atoms with Gasteiger partial charge in [0.1, 0.15) is 0 Å². The van der Waals surface area contributed by atoms with Crippen molar-refractivity contribution in [3.05, 3.63) is 29.8 Å². The molecule has 0 atom stereocenters. The van der Waals surface area contributed by atoms with E-state index in [0.717, 1.165) is 25.1 Å². The first kappa shape index (κ1) is 12.9. The molecule has 5 N–H and O–H groups in total. The van der Waals surface area contributed by atoms with Crippen LogP contribution in [0.4, 0.5) is 5.69 Å². The van der Waals surface area contributed by atoms with Gasteiger partial charge in [-0.2, -0.15) is 0 Å². The van der Waals surface area contributed by atoms with Crippen LogP contribution in [0, 0.1) is 5.92 Å². The summed E-state index contributed by atoms with van der Waals surface area (Å²) in [5, 5.41) is 3.38. The van der Waals surface area contributed by atoms with E-state index in [0.29, 0.717) is 17.5 Å². The Morgan fingerprint density at radius 3 is 2.67 bits per heavy atom. The van der Waals surface area contributed by atoms with E-state index < -0.39 is 0 Å². The molecule has 0 aromatic heterocycles. The second-order valence-corrected chi connectivity index (χ2v) is 5.11. The zero-order valence-corrected chi connectivity index (χ0v) is 10.6. The summed E-state index contributed by atoms with van der Waals surface area (Å²) in [5.41, 5.74) is 12.6. The van der Waals surface area contributed by atoms with Gasteiger partial charge in [-0.05, 0) is 49.8 Å². The third kappa shape index (κ3) is 3.47. The molecule has 1 aromatic rings. The second kappa shape index (κ2) is 5.87. The fourth-order valence-corrected chi connectivity index (χ4v) is 2.44. The predicted octanol–water partition coefficient (Wildman–Crippen LogP) is 1.71. The highest BCUT2D eigenvalue weighted by atomic mass is 16.1. The monoisotopic (exact) mass is 247 g/mol. The van der Waals surface area contributed by atoms with Gasteiger partial charge in [0.25, 0.3) is 0 Å². The first-order valence-corrected chi connectivity index (χ1v) is 6.54. The first-order chi connectivity index (χ1) is 8.65. The van der Waals surface area contributed by atoms with Gasteiger partial charge in [-0.15, -0.1) is 0 Å². The van der Waals surface area contributed by atoms with Crippen LogP contribution in [0.15, 0.2) is 24.3 Å². The van der Waals surface area contributed by atoms with E-state index in [4.69, 9.17) is 11.5 Å². The number of carbonyl (C=O) groups excluding carboxylic acids is 1. The summed E-state index contributed by atoms with van der Waals surface area (Å²) >= 11 is 0. The summed E-state index contributed by atoms with van der Waals surface area (Å²) < 4.78 is 0. The molecule has 98 valence electrons. The van der Waals surface area contributed by atoms with Gasteiger partial charge in [0, 0.05) is 23.8 Å². The molecule has 0 aliphatic heterocycles. The van der Waals surface area contributed by atoms with Gasteiger partial charge in [-0.3, -0.25) is 4.79 Å². The second-order valence-electron chi connectivity index (χ2n) is 5.11. The topological polar surface area (TPSA) is 81.1 Å². The van der Waals surface area contributed by atoms with Crippen molar-refractivity contribution in [1.29, 1.82) is 0 Å². The minimum Gasteiger partial charge on any atom is -0.385 e. The Hall–Kier alpha value is -1.55. The number of carbonyl (C=O) groups is 1. The molecule has 1 aromatic carbocycles. The molecule has 4 heteroatoms. The molecule has 18 heavy (non-hydrogen) atoms. The van der Waals surface area contributed by atoms with E-state index >= 15 is 0 Å². The summed E-state index contributed by atoms with van der Waals surface area (Å²) in [6.45, 7) is 0.939. The van der Waals surface area contributed by atoms with Gasteiger partial charge in [-0.25, -0.2) is 0 Å². The van der Waals surface area contributed by atoms with Crippen LogP contribution in [0.1, 0.15) is 36.0 Å². The van der Waals surface area contributed by atoms with Gasteiger partial charge < -0.3 is 16.8 Å². The van der Waals surface area contributed by atoms with E-state index in [1.165, 1.54) is 12.8 Å². The van der Waals surface area contributed by atoms with Gasteiger partial charge in [0.05, 0.1) is 0 Å². The number of hydrogen-bond donors (Lipinski definition) is 3. The maximum Gasteiger partial charge on any atom is 0.248 e. The molecule has 0 radical (unpaired) electrons. The van der Waals surface area contributed by atoms with Gasteiger partial charge >= 0.3 is 0 Å². The molecule has 1 fully saturated rings. The number of primary amides is 1. The number of rotatable bonds is 4. The molecular formula is C14H21N3O. The Labute approximate surface area is 108 Å². The van der Waals surface area contributed by atoms with Crippen LogP contribution < -0.4 is 16.8 Å². The number of nitrogens with one attached hydrogen (secondary N) is 1. The fourth-order valence-electron chi connectivity index (χ4n) is 2.44. The zero-order chi connectivity index (χ0) is 13.0. The average Bonchev–Trinajstić information content (AvgIpc) is 2.38.